The highest BCUT2D eigenvalue weighted by molar-refractivity contribution is 5.96. The summed E-state index contributed by atoms with van der Waals surface area (Å²) in [5.74, 6) is -0.207. The first-order chi connectivity index (χ1) is 15.3. The van der Waals surface area contributed by atoms with Crippen LogP contribution >= 0.6 is 0 Å². The maximum Gasteiger partial charge on any atom is 0.416 e. The van der Waals surface area contributed by atoms with Crippen LogP contribution in [0.2, 0.25) is 0 Å². The molecule has 1 aliphatic heterocycles. The van der Waals surface area contributed by atoms with Gasteiger partial charge in [-0.05, 0) is 59.0 Å². The molecule has 4 nitrogen and oxygen atoms in total. The summed E-state index contributed by atoms with van der Waals surface area (Å²) in [5.41, 5.74) is 9.69. The number of hydrogen-bond donors (Lipinski definition) is 2. The van der Waals surface area contributed by atoms with Gasteiger partial charge in [0.1, 0.15) is 5.70 Å². The molecule has 1 heterocycles. The van der Waals surface area contributed by atoms with E-state index in [9.17, 15) is 18.0 Å². The van der Waals surface area contributed by atoms with Crippen LogP contribution in [0.5, 0.6) is 0 Å². The zero-order valence-corrected chi connectivity index (χ0v) is 17.2. The number of alkyl halides is 3. The van der Waals surface area contributed by atoms with Crippen molar-refractivity contribution < 1.29 is 18.0 Å². The second kappa shape index (κ2) is 8.78. The van der Waals surface area contributed by atoms with Gasteiger partial charge in [0, 0.05) is 25.0 Å². The lowest BCUT2D eigenvalue weighted by Crippen LogP contribution is -2.38. The zero-order valence-electron chi connectivity index (χ0n) is 17.2. The number of halogens is 3. The lowest BCUT2D eigenvalue weighted by molar-refractivity contribution is -0.137. The number of nitrogens with zero attached hydrogens (tertiary/aromatic N) is 1. The van der Waals surface area contributed by atoms with E-state index in [1.165, 1.54) is 18.3 Å². The Morgan fingerprint density at radius 3 is 2.28 bits per heavy atom. The van der Waals surface area contributed by atoms with Crippen LogP contribution in [-0.2, 0) is 23.9 Å². The fourth-order valence-electron chi connectivity index (χ4n) is 3.78. The Bertz CT molecular complexity index is 1140. The zero-order chi connectivity index (χ0) is 22.7. The highest BCUT2D eigenvalue weighted by Gasteiger charge is 2.30. The molecule has 7 heteroatoms. The highest BCUT2D eigenvalue weighted by Crippen LogP contribution is 2.32. The predicted octanol–water partition coefficient (Wildman–Crippen LogP) is 5.17. The molecule has 1 amide bonds. The lowest BCUT2D eigenvalue weighted by atomic mass is 9.94. The minimum Gasteiger partial charge on any atom is -0.403 e. The molecule has 0 unspecified atom stereocenters. The van der Waals surface area contributed by atoms with Crippen molar-refractivity contribution in [2.24, 2.45) is 5.73 Å². The van der Waals surface area contributed by atoms with E-state index < -0.39 is 11.7 Å². The van der Waals surface area contributed by atoms with E-state index in [1.807, 2.05) is 48.5 Å². The van der Waals surface area contributed by atoms with E-state index in [0.29, 0.717) is 30.8 Å². The van der Waals surface area contributed by atoms with Gasteiger partial charge in [-0.25, -0.2) is 0 Å². The standard InChI is InChI=1S/C25H22F3N3O/c26-25(27,28)21-10-8-17(9-11-21)19-7-6-18-12-13-31(16-20(18)14-19)24(32)23(15-29)30-22-4-2-1-3-5-22/h1-11,14-15,30H,12-13,16,29H2/b23-15-. The monoisotopic (exact) mass is 437 g/mol. The van der Waals surface area contributed by atoms with Gasteiger partial charge >= 0.3 is 6.18 Å². The number of benzene rings is 3. The second-order valence-electron chi connectivity index (χ2n) is 7.61. The van der Waals surface area contributed by atoms with Crippen molar-refractivity contribution in [3.05, 3.63) is 101 Å². The van der Waals surface area contributed by atoms with Crippen molar-refractivity contribution >= 4 is 11.6 Å². The Hall–Kier alpha value is -3.74. The smallest absolute Gasteiger partial charge is 0.403 e. The minimum absolute atomic E-state index is 0.207. The average molecular weight is 437 g/mol. The first-order valence-corrected chi connectivity index (χ1v) is 10.2. The van der Waals surface area contributed by atoms with E-state index in [1.54, 1.807) is 4.90 Å². The average Bonchev–Trinajstić information content (AvgIpc) is 2.81. The summed E-state index contributed by atoms with van der Waals surface area (Å²) in [6, 6.07) is 20.2. The van der Waals surface area contributed by atoms with Gasteiger partial charge < -0.3 is 16.0 Å². The summed E-state index contributed by atoms with van der Waals surface area (Å²) in [4.78, 5) is 14.8. The predicted molar refractivity (Wildman–Crippen MR) is 118 cm³/mol. The number of hydrogen-bond acceptors (Lipinski definition) is 3. The van der Waals surface area contributed by atoms with Crippen LogP contribution in [0, 0.1) is 0 Å². The third-order valence-corrected chi connectivity index (χ3v) is 5.50. The lowest BCUT2D eigenvalue weighted by Gasteiger charge is -2.30. The maximum absolute atomic E-state index is 13.0. The number of para-hydroxylation sites is 1. The van der Waals surface area contributed by atoms with Crippen LogP contribution in [0.25, 0.3) is 11.1 Å². The normalized spacial score (nSPS) is 14.1. The molecular formula is C25H22F3N3O. The minimum atomic E-state index is -4.36. The first kappa shape index (κ1) is 21.5. The van der Waals surface area contributed by atoms with Gasteiger partial charge in [-0.3, -0.25) is 4.79 Å². The number of nitrogens with two attached hydrogens (primary N) is 1. The van der Waals surface area contributed by atoms with E-state index in [0.717, 1.165) is 34.5 Å². The highest BCUT2D eigenvalue weighted by atomic mass is 19.4. The molecule has 0 aliphatic carbocycles. The van der Waals surface area contributed by atoms with Crippen molar-refractivity contribution in [3.8, 4) is 11.1 Å². The Kier molecular flexibility index (Phi) is 5.90. The van der Waals surface area contributed by atoms with E-state index in [-0.39, 0.29) is 5.91 Å². The molecule has 4 rings (SSSR count). The summed E-state index contributed by atoms with van der Waals surface area (Å²) in [7, 11) is 0. The molecule has 3 aromatic carbocycles. The Morgan fingerprint density at radius 2 is 1.62 bits per heavy atom. The molecule has 0 aromatic heterocycles. The summed E-state index contributed by atoms with van der Waals surface area (Å²) in [5, 5.41) is 3.06. The molecule has 1 aliphatic rings. The molecule has 0 fully saturated rings. The van der Waals surface area contributed by atoms with Crippen LogP contribution in [0.1, 0.15) is 16.7 Å². The van der Waals surface area contributed by atoms with Gasteiger partial charge in [0.05, 0.1) is 5.56 Å². The van der Waals surface area contributed by atoms with Crippen molar-refractivity contribution in [3.63, 3.8) is 0 Å². The fraction of sp³-hybridized carbons (Fsp3) is 0.160. The van der Waals surface area contributed by atoms with Gasteiger partial charge in [-0.2, -0.15) is 13.2 Å². The molecule has 0 bridgehead atoms. The summed E-state index contributed by atoms with van der Waals surface area (Å²) in [6.07, 6.45) is -2.40. The van der Waals surface area contributed by atoms with Crippen molar-refractivity contribution in [1.29, 1.82) is 0 Å². The SMILES string of the molecule is N/C=C(\Nc1ccccc1)C(=O)N1CCc2ccc(-c3ccc(C(F)(F)F)cc3)cc2C1. The number of fused-ring (bicyclic) bond motifs is 1. The van der Waals surface area contributed by atoms with Gasteiger partial charge in [0.25, 0.3) is 5.91 Å². The number of carbonyl (C=O) groups is 1. The third kappa shape index (κ3) is 4.61. The number of carbonyl (C=O) groups excluding carboxylic acids is 1. The van der Waals surface area contributed by atoms with E-state index in [4.69, 9.17) is 5.73 Å². The Morgan fingerprint density at radius 1 is 0.938 bits per heavy atom. The molecule has 0 atom stereocenters. The van der Waals surface area contributed by atoms with Gasteiger partial charge in [-0.1, -0.05) is 42.5 Å². The fourth-order valence-corrected chi connectivity index (χ4v) is 3.78. The quantitative estimate of drug-likeness (QED) is 0.554. The second-order valence-corrected chi connectivity index (χ2v) is 7.61. The van der Waals surface area contributed by atoms with Crippen LogP contribution in [0.4, 0.5) is 18.9 Å². The molecule has 0 spiro atoms. The van der Waals surface area contributed by atoms with Crippen LogP contribution in [0.3, 0.4) is 0 Å². The number of rotatable bonds is 4. The summed E-state index contributed by atoms with van der Waals surface area (Å²) >= 11 is 0. The molecular weight excluding hydrogens is 415 g/mol. The largest absolute Gasteiger partial charge is 0.416 e. The number of nitrogens with one attached hydrogen (secondary N) is 1. The van der Waals surface area contributed by atoms with Crippen LogP contribution in [-0.4, -0.2) is 17.4 Å². The van der Waals surface area contributed by atoms with Crippen molar-refractivity contribution in [2.75, 3.05) is 11.9 Å². The third-order valence-electron chi connectivity index (χ3n) is 5.50. The van der Waals surface area contributed by atoms with Gasteiger partial charge in [0.2, 0.25) is 0 Å². The van der Waals surface area contributed by atoms with E-state index in [2.05, 4.69) is 5.32 Å². The van der Waals surface area contributed by atoms with E-state index >= 15 is 0 Å². The maximum atomic E-state index is 13.0. The topological polar surface area (TPSA) is 58.4 Å². The molecule has 164 valence electrons. The van der Waals surface area contributed by atoms with Crippen LogP contribution < -0.4 is 11.1 Å². The number of amides is 1. The summed E-state index contributed by atoms with van der Waals surface area (Å²) < 4.78 is 38.5. The molecule has 32 heavy (non-hydrogen) atoms. The molecule has 3 aromatic rings. The van der Waals surface area contributed by atoms with Crippen LogP contribution in [0.15, 0.2) is 84.7 Å². The summed E-state index contributed by atoms with van der Waals surface area (Å²) in [6.45, 7) is 0.954. The number of anilines is 1. The van der Waals surface area contributed by atoms with Crippen molar-refractivity contribution in [2.45, 2.75) is 19.1 Å². The Labute approximate surface area is 184 Å². The van der Waals surface area contributed by atoms with Crippen molar-refractivity contribution in [1.82, 2.24) is 4.90 Å². The molecule has 3 N–H and O–H groups in total. The Balaban J connectivity index is 1.52. The molecule has 0 radical (unpaired) electrons. The van der Waals surface area contributed by atoms with Gasteiger partial charge in [-0.15, -0.1) is 0 Å². The molecule has 0 saturated carbocycles. The van der Waals surface area contributed by atoms with Gasteiger partial charge in [0.15, 0.2) is 0 Å². The first-order valence-electron chi connectivity index (χ1n) is 10.2. The molecule has 0 saturated heterocycles.